The van der Waals surface area contributed by atoms with Crippen molar-refractivity contribution in [3.8, 4) is 0 Å². The highest BCUT2D eigenvalue weighted by molar-refractivity contribution is 4.92. The molecule has 3 aliphatic rings. The maximum atomic E-state index is 3.49. The van der Waals surface area contributed by atoms with Gasteiger partial charge in [-0.15, -0.1) is 0 Å². The lowest BCUT2D eigenvalue weighted by molar-refractivity contribution is 0.0483. The molecule has 0 spiro atoms. The van der Waals surface area contributed by atoms with E-state index in [9.17, 15) is 0 Å². The summed E-state index contributed by atoms with van der Waals surface area (Å²) in [5.41, 5.74) is 0.550. The highest BCUT2D eigenvalue weighted by atomic mass is 15.3. The first-order chi connectivity index (χ1) is 9.71. The smallest absolute Gasteiger partial charge is 0.0113 e. The first-order valence-corrected chi connectivity index (χ1v) is 8.82. The largest absolute Gasteiger partial charge is 0.319 e. The summed E-state index contributed by atoms with van der Waals surface area (Å²) in [5, 5.41) is 3.49. The molecule has 3 rings (SSSR count). The van der Waals surface area contributed by atoms with Gasteiger partial charge in [-0.3, -0.25) is 4.90 Å². The third kappa shape index (κ3) is 3.55. The van der Waals surface area contributed by atoms with Crippen molar-refractivity contribution in [3.63, 3.8) is 0 Å². The maximum absolute atomic E-state index is 3.49. The normalized spacial score (nSPS) is 37.2. The first-order valence-electron chi connectivity index (χ1n) is 8.82. The van der Waals surface area contributed by atoms with Gasteiger partial charge in [-0.25, -0.2) is 0 Å². The molecule has 20 heavy (non-hydrogen) atoms. The van der Waals surface area contributed by atoms with Crippen molar-refractivity contribution >= 4 is 0 Å². The molecule has 0 bridgehead atoms. The van der Waals surface area contributed by atoms with Crippen molar-refractivity contribution in [2.45, 2.75) is 51.5 Å². The minimum Gasteiger partial charge on any atom is -0.319 e. The van der Waals surface area contributed by atoms with E-state index < -0.39 is 0 Å². The van der Waals surface area contributed by atoms with E-state index in [1.54, 1.807) is 0 Å². The third-order valence-corrected chi connectivity index (χ3v) is 5.77. The van der Waals surface area contributed by atoms with E-state index in [-0.39, 0.29) is 0 Å². The van der Waals surface area contributed by atoms with Crippen LogP contribution in [0.4, 0.5) is 0 Å². The van der Waals surface area contributed by atoms with Crippen LogP contribution in [0, 0.1) is 11.3 Å². The number of nitrogens with zero attached hydrogens (tertiary/aromatic N) is 2. The van der Waals surface area contributed by atoms with Gasteiger partial charge in [0, 0.05) is 45.3 Å². The number of nitrogens with one attached hydrogen (secondary N) is 1. The van der Waals surface area contributed by atoms with Gasteiger partial charge in [0.25, 0.3) is 0 Å². The van der Waals surface area contributed by atoms with E-state index in [1.165, 1.54) is 77.8 Å². The fourth-order valence-electron chi connectivity index (χ4n) is 4.70. The fourth-order valence-corrected chi connectivity index (χ4v) is 4.70. The van der Waals surface area contributed by atoms with E-state index >= 15 is 0 Å². The van der Waals surface area contributed by atoms with Crippen molar-refractivity contribution in [2.75, 3.05) is 46.3 Å². The number of rotatable bonds is 5. The summed E-state index contributed by atoms with van der Waals surface area (Å²) in [6, 6.07) is 0.957. The van der Waals surface area contributed by atoms with E-state index in [0.717, 1.165) is 12.0 Å². The summed E-state index contributed by atoms with van der Waals surface area (Å²) in [6.07, 6.45) is 8.66. The Morgan fingerprint density at radius 3 is 2.45 bits per heavy atom. The Morgan fingerprint density at radius 2 is 1.85 bits per heavy atom. The molecule has 1 saturated heterocycles. The molecule has 0 amide bonds. The van der Waals surface area contributed by atoms with Crippen LogP contribution >= 0.6 is 0 Å². The fraction of sp³-hybridized carbons (Fsp3) is 1.00. The molecule has 3 heteroatoms. The maximum Gasteiger partial charge on any atom is 0.0113 e. The van der Waals surface area contributed by atoms with Gasteiger partial charge in [0.2, 0.25) is 0 Å². The van der Waals surface area contributed by atoms with Gasteiger partial charge >= 0.3 is 0 Å². The summed E-state index contributed by atoms with van der Waals surface area (Å²) < 4.78 is 0. The highest BCUT2D eigenvalue weighted by Gasteiger charge is 2.37. The van der Waals surface area contributed by atoms with E-state index in [0.29, 0.717) is 5.41 Å². The van der Waals surface area contributed by atoms with Gasteiger partial charge in [0.05, 0.1) is 0 Å². The molecule has 3 fully saturated rings. The van der Waals surface area contributed by atoms with Crippen molar-refractivity contribution in [2.24, 2.45) is 11.3 Å². The minimum absolute atomic E-state index is 0.550. The summed E-state index contributed by atoms with van der Waals surface area (Å²) >= 11 is 0. The lowest BCUT2D eigenvalue weighted by Gasteiger charge is -2.45. The SMILES string of the molecule is CNCC1(CN2CCN(C3CC3)CC2)CCCC(C)C1. The molecule has 116 valence electrons. The van der Waals surface area contributed by atoms with Gasteiger partial charge in [0.15, 0.2) is 0 Å². The van der Waals surface area contributed by atoms with Gasteiger partial charge in [-0.2, -0.15) is 0 Å². The molecule has 2 atom stereocenters. The number of hydrogen-bond acceptors (Lipinski definition) is 3. The molecule has 0 radical (unpaired) electrons. The monoisotopic (exact) mass is 279 g/mol. The second-order valence-electron chi connectivity index (χ2n) is 7.78. The number of piperazine rings is 1. The highest BCUT2D eigenvalue weighted by Crippen LogP contribution is 2.40. The van der Waals surface area contributed by atoms with Crippen LogP contribution < -0.4 is 5.32 Å². The average molecular weight is 279 g/mol. The summed E-state index contributed by atoms with van der Waals surface area (Å²) in [6.45, 7) is 10.2. The van der Waals surface area contributed by atoms with Crippen LogP contribution in [0.2, 0.25) is 0 Å². The quantitative estimate of drug-likeness (QED) is 0.832. The molecule has 1 N–H and O–H groups in total. The Kier molecular flexibility index (Phi) is 4.68. The van der Waals surface area contributed by atoms with E-state index in [4.69, 9.17) is 0 Å². The van der Waals surface area contributed by atoms with Crippen LogP contribution in [0.5, 0.6) is 0 Å². The predicted molar refractivity (Wildman–Crippen MR) is 85.0 cm³/mol. The van der Waals surface area contributed by atoms with Gasteiger partial charge in [-0.05, 0) is 44.1 Å². The van der Waals surface area contributed by atoms with Crippen molar-refractivity contribution in [1.82, 2.24) is 15.1 Å². The molecule has 2 aliphatic carbocycles. The Morgan fingerprint density at radius 1 is 1.10 bits per heavy atom. The van der Waals surface area contributed by atoms with Crippen molar-refractivity contribution < 1.29 is 0 Å². The summed E-state index contributed by atoms with van der Waals surface area (Å²) in [4.78, 5) is 5.49. The van der Waals surface area contributed by atoms with Gasteiger partial charge in [-0.1, -0.05) is 19.8 Å². The molecule has 0 aromatic heterocycles. The van der Waals surface area contributed by atoms with Gasteiger partial charge in [0.1, 0.15) is 0 Å². The van der Waals surface area contributed by atoms with E-state index in [2.05, 4.69) is 29.1 Å². The van der Waals surface area contributed by atoms with Crippen LogP contribution in [0.15, 0.2) is 0 Å². The van der Waals surface area contributed by atoms with Crippen molar-refractivity contribution in [3.05, 3.63) is 0 Å². The minimum atomic E-state index is 0.550. The molecule has 2 unspecified atom stereocenters. The van der Waals surface area contributed by atoms with Gasteiger partial charge < -0.3 is 10.2 Å². The Hall–Kier alpha value is -0.120. The molecule has 2 saturated carbocycles. The molecule has 1 aliphatic heterocycles. The lowest BCUT2D eigenvalue weighted by atomic mass is 9.69. The Balaban J connectivity index is 1.53. The third-order valence-electron chi connectivity index (χ3n) is 5.77. The molecular weight excluding hydrogens is 246 g/mol. The topological polar surface area (TPSA) is 18.5 Å². The zero-order valence-electron chi connectivity index (χ0n) is 13.5. The van der Waals surface area contributed by atoms with Crippen LogP contribution in [0.1, 0.15) is 45.4 Å². The standard InChI is InChI=1S/C17H33N3/c1-15-4-3-7-17(12-15,13-18-2)14-19-8-10-20(11-9-19)16-5-6-16/h15-16,18H,3-14H2,1-2H3. The molecule has 0 aromatic rings. The summed E-state index contributed by atoms with van der Waals surface area (Å²) in [5.74, 6) is 0.921. The second kappa shape index (κ2) is 6.33. The van der Waals surface area contributed by atoms with Crippen LogP contribution in [-0.2, 0) is 0 Å². The zero-order chi connectivity index (χ0) is 14.0. The van der Waals surface area contributed by atoms with E-state index in [1.807, 2.05) is 0 Å². The van der Waals surface area contributed by atoms with Crippen LogP contribution in [0.25, 0.3) is 0 Å². The molecular formula is C17H33N3. The predicted octanol–water partition coefficient (Wildman–Crippen LogP) is 2.18. The second-order valence-corrected chi connectivity index (χ2v) is 7.78. The molecule has 1 heterocycles. The number of hydrogen-bond donors (Lipinski definition) is 1. The van der Waals surface area contributed by atoms with Crippen molar-refractivity contribution in [1.29, 1.82) is 0 Å². The lowest BCUT2D eigenvalue weighted by Crippen LogP contribution is -2.53. The average Bonchev–Trinajstić information content (AvgIpc) is 3.24. The molecule has 3 nitrogen and oxygen atoms in total. The Labute approximate surface area is 125 Å². The molecule has 0 aromatic carbocycles. The first kappa shape index (κ1) is 14.8. The van der Waals surface area contributed by atoms with Crippen LogP contribution in [0.3, 0.4) is 0 Å². The Bertz CT molecular complexity index is 303. The van der Waals surface area contributed by atoms with Crippen LogP contribution in [-0.4, -0.2) is 62.2 Å². The zero-order valence-corrected chi connectivity index (χ0v) is 13.5. The summed E-state index contributed by atoms with van der Waals surface area (Å²) in [7, 11) is 2.13.